The number of rotatable bonds is 8. The molecule has 0 saturated heterocycles. The van der Waals surface area contributed by atoms with Crippen LogP contribution in [0.3, 0.4) is 0 Å². The highest BCUT2D eigenvalue weighted by Gasteiger charge is 2.12. The van der Waals surface area contributed by atoms with Gasteiger partial charge in [0.1, 0.15) is 18.2 Å². The first-order chi connectivity index (χ1) is 13.5. The third-order valence-electron chi connectivity index (χ3n) is 3.59. The van der Waals surface area contributed by atoms with E-state index in [9.17, 15) is 10.1 Å². The van der Waals surface area contributed by atoms with Gasteiger partial charge in [0.15, 0.2) is 11.5 Å². The average molecular weight is 420 g/mol. The maximum atomic E-state index is 11.8. The molecule has 0 fully saturated rings. The fourth-order valence-corrected chi connectivity index (χ4v) is 2.77. The number of hydrogen-bond acceptors (Lipinski definition) is 5. The Hall–Kier alpha value is -2.68. The van der Waals surface area contributed by atoms with E-state index in [-0.39, 0.29) is 18.8 Å². The first-order valence-electron chi connectivity index (χ1n) is 8.61. The van der Waals surface area contributed by atoms with Crippen molar-refractivity contribution in [2.24, 2.45) is 0 Å². The van der Waals surface area contributed by atoms with Gasteiger partial charge < -0.3 is 14.2 Å². The Morgan fingerprint density at radius 3 is 2.50 bits per heavy atom. The van der Waals surface area contributed by atoms with Gasteiger partial charge in [-0.2, -0.15) is 5.26 Å². The summed E-state index contributed by atoms with van der Waals surface area (Å²) in [5.41, 5.74) is 1.31. The van der Waals surface area contributed by atoms with Crippen LogP contribution in [0.1, 0.15) is 25.0 Å². The van der Waals surface area contributed by atoms with E-state index in [1.54, 1.807) is 43.3 Å². The first kappa shape index (κ1) is 21.6. The van der Waals surface area contributed by atoms with Crippen LogP contribution in [0.15, 0.2) is 42.0 Å². The summed E-state index contributed by atoms with van der Waals surface area (Å²) in [5.74, 6) is 0.336. The average Bonchev–Trinajstić information content (AvgIpc) is 2.67. The zero-order valence-corrected chi connectivity index (χ0v) is 17.0. The van der Waals surface area contributed by atoms with Gasteiger partial charge in [0, 0.05) is 15.6 Å². The molecule has 0 heterocycles. The number of ether oxygens (including phenoxy) is 3. The highest BCUT2D eigenvalue weighted by atomic mass is 35.5. The van der Waals surface area contributed by atoms with E-state index in [0.717, 1.165) is 5.56 Å². The van der Waals surface area contributed by atoms with Gasteiger partial charge in [0.2, 0.25) is 0 Å². The zero-order valence-electron chi connectivity index (χ0n) is 15.5. The normalized spacial score (nSPS) is 10.9. The Morgan fingerprint density at radius 2 is 1.86 bits per heavy atom. The lowest BCUT2D eigenvalue weighted by Gasteiger charge is -2.13. The number of hydrogen-bond donors (Lipinski definition) is 0. The molecule has 0 aliphatic rings. The van der Waals surface area contributed by atoms with Crippen LogP contribution in [0, 0.1) is 11.3 Å². The Bertz CT molecular complexity index is 919. The summed E-state index contributed by atoms with van der Waals surface area (Å²) in [5, 5.41) is 10.2. The molecule has 0 aliphatic carbocycles. The standard InChI is InChI=1S/C21H19Cl2NO4/c1-3-26-20-10-14(9-16(12-24)21(25)27-4-2)5-8-19(20)28-13-15-6-7-17(22)11-18(15)23/h5-11H,3-4,13H2,1-2H3/b16-9-. The fraction of sp³-hybridized carbons (Fsp3) is 0.238. The minimum absolute atomic E-state index is 0.0917. The van der Waals surface area contributed by atoms with Crippen molar-refractivity contribution in [2.75, 3.05) is 13.2 Å². The maximum Gasteiger partial charge on any atom is 0.348 e. The van der Waals surface area contributed by atoms with Crippen molar-refractivity contribution >= 4 is 35.2 Å². The van der Waals surface area contributed by atoms with Crippen molar-refractivity contribution in [3.8, 4) is 17.6 Å². The van der Waals surface area contributed by atoms with Gasteiger partial charge in [-0.05, 0) is 49.8 Å². The summed E-state index contributed by atoms with van der Waals surface area (Å²) in [7, 11) is 0. The molecule has 0 N–H and O–H groups in total. The molecule has 0 saturated carbocycles. The molecule has 28 heavy (non-hydrogen) atoms. The fourth-order valence-electron chi connectivity index (χ4n) is 2.31. The van der Waals surface area contributed by atoms with Gasteiger partial charge in [-0.1, -0.05) is 35.3 Å². The molecule has 0 spiro atoms. The zero-order chi connectivity index (χ0) is 20.5. The molecule has 0 amide bonds. The van der Waals surface area contributed by atoms with Crippen LogP contribution in [-0.2, 0) is 16.1 Å². The molecular weight excluding hydrogens is 401 g/mol. The van der Waals surface area contributed by atoms with E-state index in [2.05, 4.69) is 0 Å². The van der Waals surface area contributed by atoms with E-state index >= 15 is 0 Å². The van der Waals surface area contributed by atoms with Crippen molar-refractivity contribution in [3.63, 3.8) is 0 Å². The monoisotopic (exact) mass is 419 g/mol. The van der Waals surface area contributed by atoms with E-state index in [0.29, 0.717) is 33.7 Å². The van der Waals surface area contributed by atoms with Crippen LogP contribution >= 0.6 is 23.2 Å². The SMILES string of the molecule is CCOC(=O)/C(C#N)=C\c1ccc(OCc2ccc(Cl)cc2Cl)c(OCC)c1. The summed E-state index contributed by atoms with van der Waals surface area (Å²) in [6.45, 7) is 4.38. The molecule has 0 radical (unpaired) electrons. The molecule has 0 atom stereocenters. The highest BCUT2D eigenvalue weighted by molar-refractivity contribution is 6.35. The van der Waals surface area contributed by atoms with Crippen LogP contribution in [0.5, 0.6) is 11.5 Å². The van der Waals surface area contributed by atoms with Gasteiger partial charge >= 0.3 is 5.97 Å². The second-order valence-electron chi connectivity index (χ2n) is 5.55. The van der Waals surface area contributed by atoms with Crippen molar-refractivity contribution in [1.82, 2.24) is 0 Å². The number of benzene rings is 2. The Labute approximate surface area is 174 Å². The minimum Gasteiger partial charge on any atom is -0.490 e. The number of carbonyl (C=O) groups is 1. The molecule has 0 unspecified atom stereocenters. The Morgan fingerprint density at radius 1 is 1.07 bits per heavy atom. The predicted molar refractivity (Wildman–Crippen MR) is 109 cm³/mol. The Kier molecular flexibility index (Phi) is 8.19. The Balaban J connectivity index is 2.24. The molecule has 2 aromatic carbocycles. The summed E-state index contributed by atoms with van der Waals surface area (Å²) >= 11 is 12.1. The van der Waals surface area contributed by atoms with Gasteiger partial charge in [-0.15, -0.1) is 0 Å². The topological polar surface area (TPSA) is 68.6 Å². The summed E-state index contributed by atoms with van der Waals surface area (Å²) in [6, 6.07) is 12.2. The number of carbonyl (C=O) groups excluding carboxylic acids is 1. The van der Waals surface area contributed by atoms with Crippen molar-refractivity contribution < 1.29 is 19.0 Å². The van der Waals surface area contributed by atoms with Crippen molar-refractivity contribution in [3.05, 3.63) is 63.1 Å². The summed E-state index contributed by atoms with van der Waals surface area (Å²) < 4.78 is 16.3. The van der Waals surface area contributed by atoms with Crippen LogP contribution in [0.2, 0.25) is 10.0 Å². The number of nitrogens with zero attached hydrogens (tertiary/aromatic N) is 1. The van der Waals surface area contributed by atoms with Crippen LogP contribution in [0.4, 0.5) is 0 Å². The molecule has 146 valence electrons. The summed E-state index contributed by atoms with van der Waals surface area (Å²) in [4.78, 5) is 11.8. The molecule has 0 bridgehead atoms. The first-order valence-corrected chi connectivity index (χ1v) is 9.36. The molecule has 7 heteroatoms. The predicted octanol–water partition coefficient (Wildman–Crippen LogP) is 5.44. The molecule has 2 aromatic rings. The molecule has 0 aliphatic heterocycles. The van der Waals surface area contributed by atoms with Crippen molar-refractivity contribution in [1.29, 1.82) is 5.26 Å². The third kappa shape index (κ3) is 5.91. The highest BCUT2D eigenvalue weighted by Crippen LogP contribution is 2.31. The second kappa shape index (κ2) is 10.6. The van der Waals surface area contributed by atoms with Gasteiger partial charge in [0.05, 0.1) is 13.2 Å². The van der Waals surface area contributed by atoms with Gasteiger partial charge in [0.25, 0.3) is 0 Å². The van der Waals surface area contributed by atoms with Crippen LogP contribution < -0.4 is 9.47 Å². The lowest BCUT2D eigenvalue weighted by Crippen LogP contribution is -2.06. The third-order valence-corrected chi connectivity index (χ3v) is 4.18. The van der Waals surface area contributed by atoms with E-state index < -0.39 is 5.97 Å². The largest absolute Gasteiger partial charge is 0.490 e. The van der Waals surface area contributed by atoms with Crippen molar-refractivity contribution in [2.45, 2.75) is 20.5 Å². The minimum atomic E-state index is -0.666. The molecular formula is C21H19Cl2NO4. The number of halogens is 2. The number of esters is 1. The van der Waals surface area contributed by atoms with E-state index in [1.807, 2.05) is 13.0 Å². The van der Waals surface area contributed by atoms with E-state index in [4.69, 9.17) is 37.4 Å². The lowest BCUT2D eigenvalue weighted by atomic mass is 10.1. The van der Waals surface area contributed by atoms with Gasteiger partial charge in [-0.25, -0.2) is 4.79 Å². The summed E-state index contributed by atoms with van der Waals surface area (Å²) in [6.07, 6.45) is 1.44. The maximum absolute atomic E-state index is 11.8. The quantitative estimate of drug-likeness (QED) is 0.323. The molecule has 0 aromatic heterocycles. The van der Waals surface area contributed by atoms with Crippen LogP contribution in [-0.4, -0.2) is 19.2 Å². The lowest BCUT2D eigenvalue weighted by molar-refractivity contribution is -0.137. The molecule has 2 rings (SSSR count). The number of nitriles is 1. The van der Waals surface area contributed by atoms with Crippen LogP contribution in [0.25, 0.3) is 6.08 Å². The molecule has 5 nitrogen and oxygen atoms in total. The smallest absolute Gasteiger partial charge is 0.348 e. The van der Waals surface area contributed by atoms with E-state index in [1.165, 1.54) is 6.08 Å². The second-order valence-corrected chi connectivity index (χ2v) is 6.40. The van der Waals surface area contributed by atoms with Gasteiger partial charge in [-0.3, -0.25) is 0 Å².